The van der Waals surface area contributed by atoms with Gasteiger partial charge in [-0.1, -0.05) is 12.1 Å². The first kappa shape index (κ1) is 14.1. The van der Waals surface area contributed by atoms with Crippen molar-refractivity contribution in [2.45, 2.75) is 24.1 Å². The quantitative estimate of drug-likeness (QED) is 0.861. The lowest BCUT2D eigenvalue weighted by Gasteiger charge is -2.11. The molecule has 0 bridgehead atoms. The highest BCUT2D eigenvalue weighted by molar-refractivity contribution is 6.26. The highest BCUT2D eigenvalue weighted by atomic mass is 35.5. The Balaban J connectivity index is 0.00000144. The molecule has 1 fully saturated rings. The van der Waals surface area contributed by atoms with Gasteiger partial charge in [0.15, 0.2) is 0 Å². The molecule has 2 rings (SSSR count). The predicted molar refractivity (Wildman–Crippen MR) is 68.4 cm³/mol. The number of hydrogen-bond donors (Lipinski definition) is 1. The van der Waals surface area contributed by atoms with Crippen molar-refractivity contribution >= 4 is 30.0 Å². The predicted octanol–water partition coefficient (Wildman–Crippen LogP) is 2.84. The van der Waals surface area contributed by atoms with Crippen LogP contribution in [0, 0.1) is 0 Å². The molecule has 94 valence electrons. The fraction of sp³-hybridized carbons (Fsp3) is 0.417. The zero-order chi connectivity index (χ0) is 11.8. The second-order valence-corrected chi connectivity index (χ2v) is 4.43. The van der Waals surface area contributed by atoms with Gasteiger partial charge in [-0.25, -0.2) is 0 Å². The van der Waals surface area contributed by atoms with Gasteiger partial charge < -0.3 is 9.84 Å². The molecule has 3 nitrogen and oxygen atoms in total. The molecule has 5 heteroatoms. The van der Waals surface area contributed by atoms with Crippen molar-refractivity contribution in [2.75, 3.05) is 6.61 Å². The number of benzene rings is 1. The van der Waals surface area contributed by atoms with Crippen LogP contribution in [0.15, 0.2) is 24.3 Å². The van der Waals surface area contributed by atoms with E-state index in [0.29, 0.717) is 13.0 Å². The molecule has 2 unspecified atom stereocenters. The summed E-state index contributed by atoms with van der Waals surface area (Å²) in [4.78, 5) is 11.2. The molecule has 1 N–H and O–H groups in total. The largest absolute Gasteiger partial charge is 0.494 e. The van der Waals surface area contributed by atoms with E-state index in [4.69, 9.17) is 16.3 Å². The zero-order valence-corrected chi connectivity index (χ0v) is 10.9. The smallest absolute Gasteiger partial charge is 0.315 e. The second-order valence-electron chi connectivity index (χ2n) is 3.91. The van der Waals surface area contributed by atoms with Crippen LogP contribution in [0.3, 0.4) is 0 Å². The van der Waals surface area contributed by atoms with Gasteiger partial charge in [0.2, 0.25) is 0 Å². The van der Waals surface area contributed by atoms with Crippen molar-refractivity contribution in [1.29, 1.82) is 0 Å². The molecule has 0 aliphatic heterocycles. The van der Waals surface area contributed by atoms with E-state index in [0.717, 1.165) is 11.3 Å². The summed E-state index contributed by atoms with van der Waals surface area (Å²) < 4.78 is 5.30. The van der Waals surface area contributed by atoms with Crippen molar-refractivity contribution in [3.8, 4) is 5.75 Å². The van der Waals surface area contributed by atoms with Crippen LogP contribution in [0.4, 0.5) is 0 Å². The van der Waals surface area contributed by atoms with Crippen LogP contribution in [0.1, 0.15) is 18.9 Å². The number of rotatable bonds is 4. The third kappa shape index (κ3) is 2.35. The van der Waals surface area contributed by atoms with Crippen LogP contribution in [0.5, 0.6) is 5.75 Å². The van der Waals surface area contributed by atoms with Crippen molar-refractivity contribution in [2.24, 2.45) is 0 Å². The molecule has 0 spiro atoms. The molecule has 1 aliphatic rings. The Labute approximate surface area is 111 Å². The topological polar surface area (TPSA) is 46.5 Å². The Hall–Kier alpha value is -0.930. The number of aliphatic carboxylic acids is 1. The fourth-order valence-electron chi connectivity index (χ4n) is 1.88. The van der Waals surface area contributed by atoms with Crippen molar-refractivity contribution in [3.05, 3.63) is 29.8 Å². The Morgan fingerprint density at radius 1 is 1.53 bits per heavy atom. The average molecular weight is 277 g/mol. The molecule has 0 saturated heterocycles. The zero-order valence-electron chi connectivity index (χ0n) is 9.35. The average Bonchev–Trinajstić information content (AvgIpc) is 2.93. The van der Waals surface area contributed by atoms with Gasteiger partial charge in [0.25, 0.3) is 0 Å². The Morgan fingerprint density at radius 3 is 2.41 bits per heavy atom. The first-order valence-corrected chi connectivity index (χ1v) is 5.65. The molecule has 1 aromatic rings. The van der Waals surface area contributed by atoms with E-state index in [9.17, 15) is 9.90 Å². The van der Waals surface area contributed by atoms with Crippen LogP contribution in [0.2, 0.25) is 0 Å². The van der Waals surface area contributed by atoms with Gasteiger partial charge in [0.05, 0.1) is 12.0 Å². The Bertz CT molecular complexity index is 405. The first-order valence-electron chi connectivity index (χ1n) is 5.22. The standard InChI is InChI=1S/C12H13ClO3.ClH/c1-2-16-9-5-3-8(4-6-9)12(11(14)15)7-10(12)13;/h3-6,10H,2,7H2,1H3,(H,14,15);1H. The maximum absolute atomic E-state index is 11.2. The van der Waals surface area contributed by atoms with Crippen LogP contribution < -0.4 is 4.74 Å². The van der Waals surface area contributed by atoms with E-state index in [1.54, 1.807) is 24.3 Å². The molecular formula is C12H14Cl2O3. The van der Waals surface area contributed by atoms with Gasteiger partial charge in [-0.2, -0.15) is 0 Å². The lowest BCUT2D eigenvalue weighted by Crippen LogP contribution is -2.22. The first-order chi connectivity index (χ1) is 7.61. The summed E-state index contributed by atoms with van der Waals surface area (Å²) in [7, 11) is 0. The van der Waals surface area contributed by atoms with Gasteiger partial charge in [0.1, 0.15) is 11.2 Å². The van der Waals surface area contributed by atoms with E-state index in [2.05, 4.69) is 0 Å². The van der Waals surface area contributed by atoms with Crippen LogP contribution in [-0.2, 0) is 10.2 Å². The molecular weight excluding hydrogens is 263 g/mol. The number of halogens is 2. The summed E-state index contributed by atoms with van der Waals surface area (Å²) in [5.74, 6) is -0.102. The molecule has 0 radical (unpaired) electrons. The molecule has 1 aliphatic carbocycles. The van der Waals surface area contributed by atoms with Gasteiger partial charge in [-0.05, 0) is 31.0 Å². The molecule has 17 heavy (non-hydrogen) atoms. The normalized spacial score (nSPS) is 25.9. The minimum Gasteiger partial charge on any atom is -0.494 e. The Kier molecular flexibility index (Phi) is 4.28. The van der Waals surface area contributed by atoms with Crippen molar-refractivity contribution in [1.82, 2.24) is 0 Å². The second kappa shape index (κ2) is 5.15. The summed E-state index contributed by atoms with van der Waals surface area (Å²) in [6, 6.07) is 7.12. The van der Waals surface area contributed by atoms with E-state index in [-0.39, 0.29) is 17.8 Å². The molecule has 0 heterocycles. The highest BCUT2D eigenvalue weighted by Gasteiger charge is 2.61. The SMILES string of the molecule is CCOc1ccc(C2(C(=O)O)CC2Cl)cc1.Cl. The number of carboxylic acid groups (broad SMARTS) is 1. The lowest BCUT2D eigenvalue weighted by atomic mass is 9.96. The summed E-state index contributed by atoms with van der Waals surface area (Å²) in [6.07, 6.45) is 0.498. The third-order valence-corrected chi connectivity index (χ3v) is 3.46. The number of carboxylic acids is 1. The molecule has 2 atom stereocenters. The van der Waals surface area contributed by atoms with Crippen LogP contribution in [0.25, 0.3) is 0 Å². The number of ether oxygens (including phenoxy) is 1. The summed E-state index contributed by atoms with van der Waals surface area (Å²) >= 11 is 5.93. The number of carbonyl (C=O) groups is 1. The van der Waals surface area contributed by atoms with E-state index >= 15 is 0 Å². The van der Waals surface area contributed by atoms with Crippen LogP contribution in [-0.4, -0.2) is 23.1 Å². The number of alkyl halides is 1. The fourth-order valence-corrected chi connectivity index (χ4v) is 2.35. The minimum atomic E-state index is -0.883. The van der Waals surface area contributed by atoms with E-state index in [1.807, 2.05) is 6.92 Å². The number of hydrogen-bond acceptors (Lipinski definition) is 2. The van der Waals surface area contributed by atoms with Gasteiger partial charge in [-0.15, -0.1) is 24.0 Å². The maximum Gasteiger partial charge on any atom is 0.315 e. The summed E-state index contributed by atoms with van der Waals surface area (Å²) in [5.41, 5.74) is -0.129. The summed E-state index contributed by atoms with van der Waals surface area (Å²) in [5, 5.41) is 8.88. The lowest BCUT2D eigenvalue weighted by molar-refractivity contribution is -0.139. The van der Waals surface area contributed by atoms with E-state index < -0.39 is 11.4 Å². The van der Waals surface area contributed by atoms with E-state index in [1.165, 1.54) is 0 Å². The van der Waals surface area contributed by atoms with Crippen molar-refractivity contribution < 1.29 is 14.6 Å². The van der Waals surface area contributed by atoms with Crippen molar-refractivity contribution in [3.63, 3.8) is 0 Å². The monoisotopic (exact) mass is 276 g/mol. The minimum absolute atomic E-state index is 0. The molecule has 1 aromatic carbocycles. The summed E-state index contributed by atoms with van der Waals surface area (Å²) in [6.45, 7) is 2.50. The Morgan fingerprint density at radius 2 is 2.06 bits per heavy atom. The third-order valence-electron chi connectivity index (χ3n) is 2.94. The molecule has 0 aromatic heterocycles. The van der Waals surface area contributed by atoms with Gasteiger partial charge in [-0.3, -0.25) is 4.79 Å². The molecule has 0 amide bonds. The molecule has 1 saturated carbocycles. The van der Waals surface area contributed by atoms with Crippen LogP contribution >= 0.6 is 24.0 Å². The van der Waals surface area contributed by atoms with Gasteiger partial charge in [0, 0.05) is 0 Å². The highest BCUT2D eigenvalue weighted by Crippen LogP contribution is 2.52. The van der Waals surface area contributed by atoms with Gasteiger partial charge >= 0.3 is 5.97 Å². The maximum atomic E-state index is 11.2.